The Labute approximate surface area is 119 Å². The second-order valence-electron chi connectivity index (χ2n) is 4.73. The lowest BCUT2D eigenvalue weighted by Gasteiger charge is -2.27. The van der Waals surface area contributed by atoms with Gasteiger partial charge in [-0.05, 0) is 42.5 Å². The molecule has 108 valence electrons. The highest BCUT2D eigenvalue weighted by atomic mass is 19.1. The van der Waals surface area contributed by atoms with Gasteiger partial charge in [0.1, 0.15) is 17.5 Å². The largest absolute Gasteiger partial charge is 0.369 e. The number of benzene rings is 2. The lowest BCUT2D eigenvalue weighted by atomic mass is 10.0. The van der Waals surface area contributed by atoms with Gasteiger partial charge in [0.2, 0.25) is 0 Å². The average Bonchev–Trinajstić information content (AvgIpc) is 2.84. The van der Waals surface area contributed by atoms with E-state index in [0.29, 0.717) is 5.69 Å². The van der Waals surface area contributed by atoms with E-state index in [4.69, 9.17) is 5.73 Å². The molecule has 0 aliphatic carbocycles. The third-order valence-corrected chi connectivity index (χ3v) is 3.41. The molecule has 3 rings (SSSR count). The molecule has 0 amide bonds. The van der Waals surface area contributed by atoms with Crippen molar-refractivity contribution in [3.8, 4) is 0 Å². The van der Waals surface area contributed by atoms with Gasteiger partial charge in [-0.1, -0.05) is 0 Å². The number of anilines is 1. The van der Waals surface area contributed by atoms with Gasteiger partial charge in [0, 0.05) is 11.3 Å². The van der Waals surface area contributed by atoms with Crippen molar-refractivity contribution in [2.45, 2.75) is 6.04 Å². The van der Waals surface area contributed by atoms with Gasteiger partial charge in [-0.3, -0.25) is 4.99 Å². The number of halogens is 3. The Morgan fingerprint density at radius 2 is 1.67 bits per heavy atom. The van der Waals surface area contributed by atoms with E-state index in [2.05, 4.69) is 4.99 Å². The average molecular weight is 291 g/mol. The zero-order chi connectivity index (χ0) is 15.0. The van der Waals surface area contributed by atoms with Gasteiger partial charge in [-0.25, -0.2) is 13.2 Å². The normalized spacial score (nSPS) is 18.0. The zero-order valence-electron chi connectivity index (χ0n) is 10.9. The number of aliphatic imine (C=N–C) groups is 1. The number of hydrogen-bond acceptors (Lipinski definition) is 3. The van der Waals surface area contributed by atoms with Crippen molar-refractivity contribution in [3.05, 3.63) is 65.5 Å². The van der Waals surface area contributed by atoms with Gasteiger partial charge in [-0.2, -0.15) is 0 Å². The number of rotatable bonds is 2. The molecule has 3 nitrogen and oxygen atoms in total. The summed E-state index contributed by atoms with van der Waals surface area (Å²) in [6, 6.07) is 8.30. The minimum absolute atomic E-state index is 0.170. The van der Waals surface area contributed by atoms with E-state index in [1.165, 1.54) is 24.3 Å². The molecule has 0 saturated heterocycles. The molecule has 0 saturated carbocycles. The first-order valence-electron chi connectivity index (χ1n) is 6.36. The van der Waals surface area contributed by atoms with E-state index >= 15 is 0 Å². The Kier molecular flexibility index (Phi) is 3.29. The van der Waals surface area contributed by atoms with Crippen LogP contribution < -0.4 is 10.6 Å². The molecule has 1 aliphatic heterocycles. The molecule has 0 fully saturated rings. The topological polar surface area (TPSA) is 41.6 Å². The summed E-state index contributed by atoms with van der Waals surface area (Å²) in [6.07, 6.45) is 0. The molecule has 21 heavy (non-hydrogen) atoms. The van der Waals surface area contributed by atoms with Crippen molar-refractivity contribution < 1.29 is 13.2 Å². The van der Waals surface area contributed by atoms with E-state index < -0.39 is 17.7 Å². The molecule has 0 aromatic heterocycles. The van der Waals surface area contributed by atoms with E-state index in [1.54, 1.807) is 4.90 Å². The quantitative estimate of drug-likeness (QED) is 0.924. The smallest absolute Gasteiger partial charge is 0.196 e. The standard InChI is InChI=1S/C15H12F3N3/c16-9-1-4-11(5-2-9)21-14(8-20-15(21)19)12-7-10(17)3-6-13(12)18/h1-7,14H,8H2,(H2,19,20). The van der Waals surface area contributed by atoms with E-state index in [9.17, 15) is 13.2 Å². The van der Waals surface area contributed by atoms with Gasteiger partial charge < -0.3 is 10.6 Å². The highest BCUT2D eigenvalue weighted by molar-refractivity contribution is 5.97. The molecule has 1 unspecified atom stereocenters. The van der Waals surface area contributed by atoms with Crippen molar-refractivity contribution in [1.29, 1.82) is 0 Å². The van der Waals surface area contributed by atoms with Gasteiger partial charge in [0.25, 0.3) is 0 Å². The Hall–Kier alpha value is -2.50. The van der Waals surface area contributed by atoms with Gasteiger partial charge in [-0.15, -0.1) is 0 Å². The number of guanidine groups is 1. The molecular formula is C15H12F3N3. The van der Waals surface area contributed by atoms with E-state index in [1.807, 2.05) is 0 Å². The summed E-state index contributed by atoms with van der Waals surface area (Å²) in [5, 5.41) is 0. The molecule has 2 aromatic carbocycles. The van der Waals surface area contributed by atoms with Crippen LogP contribution in [0.25, 0.3) is 0 Å². The highest BCUT2D eigenvalue weighted by Crippen LogP contribution is 2.32. The fourth-order valence-electron chi connectivity index (χ4n) is 2.42. The molecule has 2 N–H and O–H groups in total. The van der Waals surface area contributed by atoms with Crippen molar-refractivity contribution in [2.24, 2.45) is 10.7 Å². The Morgan fingerprint density at radius 1 is 1.00 bits per heavy atom. The molecule has 1 heterocycles. The van der Waals surface area contributed by atoms with E-state index in [0.717, 1.165) is 18.2 Å². The minimum atomic E-state index is -0.550. The summed E-state index contributed by atoms with van der Waals surface area (Å²) in [5.74, 6) is -1.26. The van der Waals surface area contributed by atoms with Crippen molar-refractivity contribution in [3.63, 3.8) is 0 Å². The number of hydrogen-bond donors (Lipinski definition) is 1. The SMILES string of the molecule is NC1=NCC(c2cc(F)ccc2F)N1c1ccc(F)cc1. The van der Waals surface area contributed by atoms with Crippen LogP contribution in [0.1, 0.15) is 11.6 Å². The van der Waals surface area contributed by atoms with Crippen LogP contribution in [0.5, 0.6) is 0 Å². The van der Waals surface area contributed by atoms with Crippen LogP contribution in [0, 0.1) is 17.5 Å². The first kappa shape index (κ1) is 13.5. The summed E-state index contributed by atoms with van der Waals surface area (Å²) in [7, 11) is 0. The van der Waals surface area contributed by atoms with Crippen LogP contribution in [0.15, 0.2) is 47.5 Å². The molecule has 0 radical (unpaired) electrons. The zero-order valence-corrected chi connectivity index (χ0v) is 10.9. The highest BCUT2D eigenvalue weighted by Gasteiger charge is 2.31. The first-order valence-corrected chi connectivity index (χ1v) is 6.36. The third-order valence-electron chi connectivity index (χ3n) is 3.41. The maximum atomic E-state index is 14.0. The predicted octanol–water partition coefficient (Wildman–Crippen LogP) is 2.98. The number of nitrogens with two attached hydrogens (primary N) is 1. The fraction of sp³-hybridized carbons (Fsp3) is 0.133. The molecule has 1 aliphatic rings. The van der Waals surface area contributed by atoms with Crippen LogP contribution in [0.2, 0.25) is 0 Å². The first-order chi connectivity index (χ1) is 10.1. The lowest BCUT2D eigenvalue weighted by molar-refractivity contribution is 0.568. The molecule has 6 heteroatoms. The number of nitrogens with zero attached hydrogens (tertiary/aromatic N) is 2. The molecule has 2 aromatic rings. The van der Waals surface area contributed by atoms with E-state index in [-0.39, 0.29) is 23.9 Å². The Bertz CT molecular complexity index is 698. The Balaban J connectivity index is 2.02. The summed E-state index contributed by atoms with van der Waals surface area (Å²) < 4.78 is 40.4. The summed E-state index contributed by atoms with van der Waals surface area (Å²) in [4.78, 5) is 5.65. The second kappa shape index (κ2) is 5.12. The lowest BCUT2D eigenvalue weighted by Crippen LogP contribution is -2.36. The second-order valence-corrected chi connectivity index (χ2v) is 4.73. The van der Waals surface area contributed by atoms with Crippen molar-refractivity contribution >= 4 is 11.6 Å². The molecule has 0 spiro atoms. The van der Waals surface area contributed by atoms with Gasteiger partial charge >= 0.3 is 0 Å². The van der Waals surface area contributed by atoms with Gasteiger partial charge in [0.15, 0.2) is 5.96 Å². The molecular weight excluding hydrogens is 279 g/mol. The van der Waals surface area contributed by atoms with Crippen molar-refractivity contribution in [2.75, 3.05) is 11.4 Å². The van der Waals surface area contributed by atoms with Crippen LogP contribution in [0.3, 0.4) is 0 Å². The van der Waals surface area contributed by atoms with Crippen LogP contribution in [-0.4, -0.2) is 12.5 Å². The van der Waals surface area contributed by atoms with Crippen LogP contribution in [-0.2, 0) is 0 Å². The maximum absolute atomic E-state index is 14.0. The predicted molar refractivity (Wildman–Crippen MR) is 74.5 cm³/mol. The van der Waals surface area contributed by atoms with Crippen LogP contribution in [0.4, 0.5) is 18.9 Å². The summed E-state index contributed by atoms with van der Waals surface area (Å²) in [6.45, 7) is 0.212. The monoisotopic (exact) mass is 291 g/mol. The Morgan fingerprint density at radius 3 is 2.38 bits per heavy atom. The third kappa shape index (κ3) is 2.44. The van der Waals surface area contributed by atoms with Gasteiger partial charge in [0.05, 0.1) is 12.6 Å². The fourth-order valence-corrected chi connectivity index (χ4v) is 2.42. The van der Waals surface area contributed by atoms with Crippen LogP contribution >= 0.6 is 0 Å². The summed E-state index contributed by atoms with van der Waals surface area (Å²) >= 11 is 0. The van der Waals surface area contributed by atoms with Crippen molar-refractivity contribution in [1.82, 2.24) is 0 Å². The molecule has 1 atom stereocenters. The molecule has 0 bridgehead atoms. The minimum Gasteiger partial charge on any atom is -0.369 e. The maximum Gasteiger partial charge on any atom is 0.196 e. The summed E-state index contributed by atoms with van der Waals surface area (Å²) in [5.41, 5.74) is 6.57.